The Kier molecular flexibility index (Phi) is 6.17. The van der Waals surface area contributed by atoms with E-state index in [2.05, 4.69) is 11.4 Å². The molecule has 0 aliphatic carbocycles. The van der Waals surface area contributed by atoms with Gasteiger partial charge in [0.05, 0.1) is 24.3 Å². The SMILES string of the molecule is CCNCc1ccc(N(CC(N)=O)CC(N)=O)c(C#N)c1. The molecule has 0 atom stereocenters. The van der Waals surface area contributed by atoms with Gasteiger partial charge in [-0.2, -0.15) is 5.26 Å². The summed E-state index contributed by atoms with van der Waals surface area (Å²) in [6, 6.07) is 7.30. The third-order valence-electron chi connectivity index (χ3n) is 2.79. The van der Waals surface area contributed by atoms with Gasteiger partial charge in [-0.15, -0.1) is 0 Å². The summed E-state index contributed by atoms with van der Waals surface area (Å²) in [6.45, 7) is 3.09. The van der Waals surface area contributed by atoms with Crippen LogP contribution in [0.25, 0.3) is 0 Å². The smallest absolute Gasteiger partial charge is 0.236 e. The molecular weight excluding hydrogens is 270 g/mol. The van der Waals surface area contributed by atoms with E-state index >= 15 is 0 Å². The molecule has 0 aromatic heterocycles. The summed E-state index contributed by atoms with van der Waals surface area (Å²) in [5.74, 6) is -1.20. The van der Waals surface area contributed by atoms with Crippen LogP contribution >= 0.6 is 0 Å². The van der Waals surface area contributed by atoms with Crippen molar-refractivity contribution in [3.63, 3.8) is 0 Å². The second-order valence-corrected chi connectivity index (χ2v) is 4.53. The van der Waals surface area contributed by atoms with Crippen LogP contribution < -0.4 is 21.7 Å². The van der Waals surface area contributed by atoms with E-state index < -0.39 is 11.8 Å². The number of nitrogens with one attached hydrogen (secondary N) is 1. The van der Waals surface area contributed by atoms with E-state index in [9.17, 15) is 14.9 Å². The number of benzene rings is 1. The van der Waals surface area contributed by atoms with Gasteiger partial charge in [0.2, 0.25) is 11.8 Å². The van der Waals surface area contributed by atoms with Crippen molar-refractivity contribution in [1.29, 1.82) is 5.26 Å². The first-order chi connectivity index (χ1) is 9.97. The average Bonchev–Trinajstić information content (AvgIpc) is 2.43. The maximum atomic E-state index is 11.1. The van der Waals surface area contributed by atoms with Crippen molar-refractivity contribution >= 4 is 17.5 Å². The van der Waals surface area contributed by atoms with Gasteiger partial charge in [-0.1, -0.05) is 13.0 Å². The average molecular weight is 289 g/mol. The highest BCUT2D eigenvalue weighted by Gasteiger charge is 2.16. The van der Waals surface area contributed by atoms with Crippen LogP contribution in [0, 0.1) is 11.3 Å². The normalized spacial score (nSPS) is 9.90. The number of carbonyl (C=O) groups excluding carboxylic acids is 2. The number of anilines is 1. The topological polar surface area (TPSA) is 125 Å². The minimum atomic E-state index is -0.600. The van der Waals surface area contributed by atoms with Crippen molar-refractivity contribution in [3.05, 3.63) is 29.3 Å². The van der Waals surface area contributed by atoms with Gasteiger partial charge < -0.3 is 21.7 Å². The standard InChI is InChI=1S/C14H19N5O2/c1-2-18-7-10-3-4-12(11(5-10)6-15)19(8-13(16)20)9-14(17)21/h3-5,18H,2,7-9H2,1H3,(H2,16,20)(H2,17,21). The van der Waals surface area contributed by atoms with Gasteiger partial charge >= 0.3 is 0 Å². The van der Waals surface area contributed by atoms with Crippen LogP contribution in [0.1, 0.15) is 18.1 Å². The molecule has 7 nitrogen and oxygen atoms in total. The molecule has 0 bridgehead atoms. The summed E-state index contributed by atoms with van der Waals surface area (Å²) in [5.41, 5.74) is 12.1. The molecule has 0 saturated carbocycles. The van der Waals surface area contributed by atoms with E-state index in [-0.39, 0.29) is 13.1 Å². The summed E-state index contributed by atoms with van der Waals surface area (Å²) in [5, 5.41) is 12.4. The summed E-state index contributed by atoms with van der Waals surface area (Å²) in [4.78, 5) is 23.6. The van der Waals surface area contributed by atoms with E-state index in [0.29, 0.717) is 17.8 Å². The Bertz CT molecular complexity index is 549. The van der Waals surface area contributed by atoms with Crippen LogP contribution in [0.15, 0.2) is 18.2 Å². The molecule has 0 saturated heterocycles. The Morgan fingerprint density at radius 3 is 2.38 bits per heavy atom. The molecule has 2 amide bonds. The first-order valence-corrected chi connectivity index (χ1v) is 6.53. The molecule has 0 radical (unpaired) electrons. The number of amides is 2. The molecule has 112 valence electrons. The molecule has 0 aliphatic rings. The Morgan fingerprint density at radius 1 is 1.29 bits per heavy atom. The van der Waals surface area contributed by atoms with E-state index in [4.69, 9.17) is 11.5 Å². The number of hydrogen-bond donors (Lipinski definition) is 3. The van der Waals surface area contributed by atoms with Crippen LogP contribution in [-0.4, -0.2) is 31.4 Å². The van der Waals surface area contributed by atoms with Gasteiger partial charge in [-0.25, -0.2) is 0 Å². The van der Waals surface area contributed by atoms with Gasteiger partial charge in [-0.05, 0) is 24.2 Å². The molecule has 0 unspecified atom stereocenters. The summed E-state index contributed by atoms with van der Waals surface area (Å²) in [6.07, 6.45) is 0. The first-order valence-electron chi connectivity index (χ1n) is 6.53. The van der Waals surface area contributed by atoms with Gasteiger partial charge in [-0.3, -0.25) is 9.59 Å². The molecule has 1 aromatic carbocycles. The number of primary amides is 2. The van der Waals surface area contributed by atoms with Crippen LogP contribution in [0.4, 0.5) is 5.69 Å². The lowest BCUT2D eigenvalue weighted by atomic mass is 10.1. The van der Waals surface area contributed by atoms with Crippen molar-refractivity contribution in [2.45, 2.75) is 13.5 Å². The zero-order chi connectivity index (χ0) is 15.8. The number of nitrogens with zero attached hydrogens (tertiary/aromatic N) is 2. The summed E-state index contributed by atoms with van der Waals surface area (Å²) in [7, 11) is 0. The number of nitrogens with two attached hydrogens (primary N) is 2. The molecule has 0 heterocycles. The van der Waals surface area contributed by atoms with Gasteiger partial charge in [0.15, 0.2) is 0 Å². The molecule has 0 fully saturated rings. The first kappa shape index (κ1) is 16.5. The van der Waals surface area contributed by atoms with Crippen molar-refractivity contribution in [2.24, 2.45) is 11.5 Å². The van der Waals surface area contributed by atoms with Crippen molar-refractivity contribution in [2.75, 3.05) is 24.5 Å². The number of carbonyl (C=O) groups is 2. The highest BCUT2D eigenvalue weighted by Crippen LogP contribution is 2.21. The Morgan fingerprint density at radius 2 is 1.90 bits per heavy atom. The summed E-state index contributed by atoms with van der Waals surface area (Å²) >= 11 is 0. The van der Waals surface area contributed by atoms with Crippen molar-refractivity contribution in [1.82, 2.24) is 5.32 Å². The highest BCUT2D eigenvalue weighted by atomic mass is 16.2. The monoisotopic (exact) mass is 289 g/mol. The third kappa shape index (κ3) is 5.12. The number of nitriles is 1. The minimum Gasteiger partial charge on any atom is -0.368 e. The Labute approximate surface area is 123 Å². The maximum Gasteiger partial charge on any atom is 0.236 e. The van der Waals surface area contributed by atoms with Gasteiger partial charge in [0.25, 0.3) is 0 Å². The van der Waals surface area contributed by atoms with Crippen LogP contribution in [0.5, 0.6) is 0 Å². The lowest BCUT2D eigenvalue weighted by Crippen LogP contribution is -2.40. The fourth-order valence-electron chi connectivity index (χ4n) is 1.93. The third-order valence-corrected chi connectivity index (χ3v) is 2.79. The highest BCUT2D eigenvalue weighted by molar-refractivity contribution is 5.85. The van der Waals surface area contributed by atoms with E-state index in [1.165, 1.54) is 4.90 Å². The van der Waals surface area contributed by atoms with E-state index in [1.54, 1.807) is 12.1 Å². The Hall–Kier alpha value is -2.59. The van der Waals surface area contributed by atoms with Gasteiger partial charge in [0, 0.05) is 6.54 Å². The fraction of sp³-hybridized carbons (Fsp3) is 0.357. The van der Waals surface area contributed by atoms with E-state index in [0.717, 1.165) is 12.1 Å². The van der Waals surface area contributed by atoms with Crippen LogP contribution in [-0.2, 0) is 16.1 Å². The largest absolute Gasteiger partial charge is 0.368 e. The number of rotatable bonds is 8. The zero-order valence-electron chi connectivity index (χ0n) is 11.9. The minimum absolute atomic E-state index is 0.176. The fourth-order valence-corrected chi connectivity index (χ4v) is 1.93. The van der Waals surface area contributed by atoms with Crippen LogP contribution in [0.3, 0.4) is 0 Å². The predicted octanol–water partition coefficient (Wildman–Crippen LogP) is -0.555. The molecule has 1 aromatic rings. The Balaban J connectivity index is 3.09. The predicted molar refractivity (Wildman–Crippen MR) is 79.1 cm³/mol. The van der Waals surface area contributed by atoms with Gasteiger partial charge in [0.1, 0.15) is 6.07 Å². The van der Waals surface area contributed by atoms with Crippen LogP contribution in [0.2, 0.25) is 0 Å². The molecule has 5 N–H and O–H groups in total. The number of hydrogen-bond acceptors (Lipinski definition) is 5. The molecule has 21 heavy (non-hydrogen) atoms. The summed E-state index contributed by atoms with van der Waals surface area (Å²) < 4.78 is 0. The lowest BCUT2D eigenvalue weighted by molar-refractivity contribution is -0.117. The second-order valence-electron chi connectivity index (χ2n) is 4.53. The van der Waals surface area contributed by atoms with E-state index in [1.807, 2.05) is 13.0 Å². The lowest BCUT2D eigenvalue weighted by Gasteiger charge is -2.23. The molecular formula is C14H19N5O2. The maximum absolute atomic E-state index is 11.1. The molecule has 1 rings (SSSR count). The quantitative estimate of drug-likeness (QED) is 0.592. The molecule has 7 heteroatoms. The van der Waals surface area contributed by atoms with Crippen molar-refractivity contribution in [3.8, 4) is 6.07 Å². The van der Waals surface area contributed by atoms with Crippen molar-refractivity contribution < 1.29 is 9.59 Å². The molecule has 0 aliphatic heterocycles. The second kappa shape index (κ2) is 7.87. The zero-order valence-corrected chi connectivity index (χ0v) is 11.9. The molecule has 0 spiro atoms.